The molecule has 0 saturated carbocycles. The maximum atomic E-state index is 12.0. The summed E-state index contributed by atoms with van der Waals surface area (Å²) in [5, 5.41) is 0. The fraction of sp³-hybridized carbons (Fsp3) is 0.400. The molecule has 0 amide bonds. The summed E-state index contributed by atoms with van der Waals surface area (Å²) >= 11 is 0. The minimum Gasteiger partial charge on any atom is -0.382 e. The van der Waals surface area contributed by atoms with Crippen molar-refractivity contribution in [2.24, 2.45) is 0 Å². The van der Waals surface area contributed by atoms with Gasteiger partial charge in [-0.1, -0.05) is 31.9 Å². The summed E-state index contributed by atoms with van der Waals surface area (Å²) in [5.74, 6) is 0. The number of pyridine rings is 1. The van der Waals surface area contributed by atoms with Crippen molar-refractivity contribution in [2.75, 3.05) is 0 Å². The number of H-pyrrole nitrogens is 1. The number of rotatable bonds is 2. The zero-order valence-electron chi connectivity index (χ0n) is 9.53. The Morgan fingerprint density at radius 1 is 1.40 bits per heavy atom. The van der Waals surface area contributed by atoms with Gasteiger partial charge in [-0.25, -0.2) is 0 Å². The smallest absolute Gasteiger partial charge is 0.382 e. The van der Waals surface area contributed by atoms with Crippen LogP contribution in [0.25, 0.3) is 0 Å². The van der Waals surface area contributed by atoms with Gasteiger partial charge < -0.3 is 9.78 Å². The normalized spacial score (nSPS) is 8.33. The molecule has 80 valence electrons. The SMILES string of the molecule is CC.CCc1c[nH]c(=O)c([C-](F)F)c1.[K+]. The monoisotopic (exact) mass is 241 g/mol. The number of aryl methyl sites for hydroxylation is 1. The van der Waals surface area contributed by atoms with E-state index >= 15 is 0 Å². The molecule has 0 spiro atoms. The van der Waals surface area contributed by atoms with Gasteiger partial charge in [-0.05, 0) is 12.6 Å². The average molecular weight is 241 g/mol. The first-order chi connectivity index (χ1) is 6.65. The summed E-state index contributed by atoms with van der Waals surface area (Å²) in [7, 11) is 0. The molecule has 5 heteroatoms. The van der Waals surface area contributed by atoms with Crippen molar-refractivity contribution in [3.63, 3.8) is 0 Å². The molecule has 0 aliphatic carbocycles. The van der Waals surface area contributed by atoms with Gasteiger partial charge in [-0.3, -0.25) is 8.78 Å². The van der Waals surface area contributed by atoms with E-state index in [0.29, 0.717) is 12.0 Å². The largest absolute Gasteiger partial charge is 1.00 e. The molecule has 0 unspecified atom stereocenters. The molecule has 0 saturated heterocycles. The van der Waals surface area contributed by atoms with Gasteiger partial charge in [0.15, 0.2) is 6.43 Å². The molecular weight excluding hydrogens is 227 g/mol. The number of aromatic amines is 1. The van der Waals surface area contributed by atoms with Crippen molar-refractivity contribution in [1.82, 2.24) is 4.98 Å². The van der Waals surface area contributed by atoms with Crippen LogP contribution in [0.2, 0.25) is 0 Å². The van der Waals surface area contributed by atoms with Gasteiger partial charge in [-0.15, -0.1) is 6.07 Å². The summed E-state index contributed by atoms with van der Waals surface area (Å²) in [6.07, 6.45) is 0.123. The summed E-state index contributed by atoms with van der Waals surface area (Å²) in [4.78, 5) is 13.0. The number of aromatic nitrogens is 1. The van der Waals surface area contributed by atoms with Gasteiger partial charge >= 0.3 is 51.4 Å². The van der Waals surface area contributed by atoms with Crippen molar-refractivity contribution in [3.8, 4) is 0 Å². The molecular formula is C10H14F2KNO. The Morgan fingerprint density at radius 2 is 1.93 bits per heavy atom. The molecule has 0 aliphatic rings. The van der Waals surface area contributed by atoms with Gasteiger partial charge in [-0.2, -0.15) is 0 Å². The Bertz CT molecular complexity index is 325. The summed E-state index contributed by atoms with van der Waals surface area (Å²) in [6.45, 7) is 5.83. The molecule has 1 rings (SSSR count). The van der Waals surface area contributed by atoms with Gasteiger partial charge in [0, 0.05) is 0 Å². The Morgan fingerprint density at radius 3 is 2.33 bits per heavy atom. The van der Waals surface area contributed by atoms with Crippen LogP contribution in [0, 0.1) is 6.43 Å². The predicted molar refractivity (Wildman–Crippen MR) is 52.3 cm³/mol. The third-order valence-corrected chi connectivity index (χ3v) is 1.57. The van der Waals surface area contributed by atoms with E-state index in [4.69, 9.17) is 0 Å². The van der Waals surface area contributed by atoms with Crippen molar-refractivity contribution in [2.45, 2.75) is 27.2 Å². The first-order valence-electron chi connectivity index (χ1n) is 4.55. The zero-order valence-corrected chi connectivity index (χ0v) is 12.6. The topological polar surface area (TPSA) is 32.9 Å². The molecule has 15 heavy (non-hydrogen) atoms. The van der Waals surface area contributed by atoms with E-state index in [-0.39, 0.29) is 51.4 Å². The Kier molecular flexibility index (Phi) is 11.3. The molecule has 0 fully saturated rings. The minimum absolute atomic E-state index is 0. The summed E-state index contributed by atoms with van der Waals surface area (Å²) in [5.41, 5.74) is -0.584. The molecule has 0 atom stereocenters. The molecule has 1 N–H and O–H groups in total. The fourth-order valence-corrected chi connectivity index (χ4v) is 0.873. The van der Waals surface area contributed by atoms with Crippen LogP contribution in [0.15, 0.2) is 17.1 Å². The van der Waals surface area contributed by atoms with Crippen LogP contribution in [0.4, 0.5) is 8.78 Å². The number of hydrogen-bond acceptors (Lipinski definition) is 1. The molecule has 1 aromatic heterocycles. The van der Waals surface area contributed by atoms with E-state index in [2.05, 4.69) is 4.98 Å². The van der Waals surface area contributed by atoms with E-state index in [1.165, 1.54) is 12.3 Å². The first-order valence-corrected chi connectivity index (χ1v) is 4.55. The average Bonchev–Trinajstić information content (AvgIpc) is 2.21. The van der Waals surface area contributed by atoms with Gasteiger partial charge in [0.1, 0.15) is 5.56 Å². The molecule has 0 bridgehead atoms. The van der Waals surface area contributed by atoms with Crippen molar-refractivity contribution >= 4 is 0 Å². The van der Waals surface area contributed by atoms with E-state index < -0.39 is 17.5 Å². The van der Waals surface area contributed by atoms with Crippen LogP contribution in [0.3, 0.4) is 0 Å². The Hall–Kier alpha value is 0.316. The van der Waals surface area contributed by atoms with E-state index in [9.17, 15) is 13.6 Å². The Balaban J connectivity index is 0. The number of hydrogen-bond donors (Lipinski definition) is 1. The molecule has 1 aromatic rings. The zero-order chi connectivity index (χ0) is 11.1. The van der Waals surface area contributed by atoms with Gasteiger partial charge in [0.25, 0.3) is 0 Å². The quantitative estimate of drug-likeness (QED) is 0.562. The first kappa shape index (κ1) is 17.7. The van der Waals surface area contributed by atoms with Crippen molar-refractivity contribution in [1.29, 1.82) is 0 Å². The van der Waals surface area contributed by atoms with E-state index in [1.54, 1.807) is 0 Å². The Labute approximate surface area is 131 Å². The van der Waals surface area contributed by atoms with Crippen LogP contribution in [0.5, 0.6) is 0 Å². The van der Waals surface area contributed by atoms with E-state index in [1.807, 2.05) is 20.8 Å². The number of halogens is 2. The van der Waals surface area contributed by atoms with Crippen LogP contribution < -0.4 is 56.9 Å². The number of nitrogens with one attached hydrogen (secondary N) is 1. The summed E-state index contributed by atoms with van der Waals surface area (Å²) < 4.78 is 24.1. The minimum atomic E-state index is -1.94. The molecule has 0 radical (unpaired) electrons. The standard InChI is InChI=1S/C8H8F2NO.C2H6.K/c1-2-5-3-6(7(9)10)8(12)11-4-5;1-2;/h3-4H,2H2,1H3,(H,11,12);1-2H3;/q-1;;+1. The second-order valence-electron chi connectivity index (χ2n) is 2.36. The third-order valence-electron chi connectivity index (χ3n) is 1.57. The van der Waals surface area contributed by atoms with Crippen molar-refractivity contribution < 1.29 is 60.2 Å². The summed E-state index contributed by atoms with van der Waals surface area (Å²) in [6, 6.07) is 1.20. The van der Waals surface area contributed by atoms with E-state index in [0.717, 1.165) is 0 Å². The van der Waals surface area contributed by atoms with Crippen molar-refractivity contribution in [3.05, 3.63) is 40.2 Å². The molecule has 0 aromatic carbocycles. The maximum absolute atomic E-state index is 12.0. The van der Waals surface area contributed by atoms with Crippen LogP contribution in [-0.2, 0) is 6.42 Å². The maximum Gasteiger partial charge on any atom is 1.00 e. The van der Waals surface area contributed by atoms with Crippen LogP contribution in [-0.4, -0.2) is 4.98 Å². The van der Waals surface area contributed by atoms with Crippen LogP contribution in [0.1, 0.15) is 31.9 Å². The second-order valence-corrected chi connectivity index (χ2v) is 2.36. The van der Waals surface area contributed by atoms with Crippen LogP contribution >= 0.6 is 0 Å². The molecule has 2 nitrogen and oxygen atoms in total. The van der Waals surface area contributed by atoms with Gasteiger partial charge in [0.2, 0.25) is 0 Å². The third kappa shape index (κ3) is 5.82. The van der Waals surface area contributed by atoms with Gasteiger partial charge in [0.05, 0.1) is 0 Å². The predicted octanol–water partition coefficient (Wildman–Crippen LogP) is -0.256. The molecule has 1 heterocycles. The molecule has 0 aliphatic heterocycles. The second kappa shape index (κ2) is 9.54. The fourth-order valence-electron chi connectivity index (χ4n) is 0.873.